The minimum Gasteiger partial charge on any atom is -0.362 e. The molecule has 1 N–H and O–H groups in total. The Hall–Kier alpha value is -1.39. The maximum absolute atomic E-state index is 11.9. The zero-order valence-electron chi connectivity index (χ0n) is 9.94. The highest BCUT2D eigenvalue weighted by molar-refractivity contribution is 9.10. The number of carbonyl (C=O) groups excluding carboxylic acids is 1. The summed E-state index contributed by atoms with van der Waals surface area (Å²) in [5, 5.41) is 3.06. The second-order valence-electron chi connectivity index (χ2n) is 3.86. The molecule has 2 nitrogen and oxygen atoms in total. The first-order valence-electron chi connectivity index (χ1n) is 5.64. The number of anilines is 1. The highest BCUT2D eigenvalue weighted by atomic mass is 79.9. The van der Waals surface area contributed by atoms with Gasteiger partial charge in [-0.3, -0.25) is 4.79 Å². The molecule has 19 heavy (non-hydrogen) atoms. The number of allylic oxidation sites excluding steroid dienone is 1. The number of halogens is 2. The molecule has 0 aliphatic heterocycles. The lowest BCUT2D eigenvalue weighted by Crippen LogP contribution is -1.95. The van der Waals surface area contributed by atoms with Crippen molar-refractivity contribution in [3.63, 3.8) is 0 Å². The molecular formula is C15H11Br2NO. The Morgan fingerprint density at radius 1 is 1.00 bits per heavy atom. The zero-order valence-corrected chi connectivity index (χ0v) is 13.1. The molecule has 2 rings (SSSR count). The van der Waals surface area contributed by atoms with Gasteiger partial charge in [-0.25, -0.2) is 0 Å². The topological polar surface area (TPSA) is 29.1 Å². The highest BCUT2D eigenvalue weighted by Crippen LogP contribution is 2.15. The average molecular weight is 381 g/mol. The number of rotatable bonds is 4. The van der Waals surface area contributed by atoms with Gasteiger partial charge in [0.15, 0.2) is 5.78 Å². The molecule has 0 saturated carbocycles. The lowest BCUT2D eigenvalue weighted by Gasteiger charge is -2.00. The summed E-state index contributed by atoms with van der Waals surface area (Å²) in [5.74, 6) is -0.0324. The standard InChI is InChI=1S/C15H11Br2NO/c16-12-6-4-11(5-7-12)15(19)8-9-18-14-3-1-2-13(17)10-14/h1-10,18H. The molecule has 2 aromatic carbocycles. The number of ketones is 1. The van der Waals surface area contributed by atoms with Crippen LogP contribution in [0.2, 0.25) is 0 Å². The van der Waals surface area contributed by atoms with Gasteiger partial charge in [-0.15, -0.1) is 0 Å². The van der Waals surface area contributed by atoms with Crippen molar-refractivity contribution in [3.8, 4) is 0 Å². The lowest BCUT2D eigenvalue weighted by atomic mass is 10.1. The SMILES string of the molecule is O=C(C=CNc1cccc(Br)c1)c1ccc(Br)cc1. The normalized spacial score (nSPS) is 10.6. The van der Waals surface area contributed by atoms with Crippen LogP contribution >= 0.6 is 31.9 Å². The van der Waals surface area contributed by atoms with E-state index in [9.17, 15) is 4.79 Å². The molecule has 96 valence electrons. The summed E-state index contributed by atoms with van der Waals surface area (Å²) in [6.07, 6.45) is 3.16. The van der Waals surface area contributed by atoms with Crippen molar-refractivity contribution in [2.24, 2.45) is 0 Å². The summed E-state index contributed by atoms with van der Waals surface area (Å²) < 4.78 is 1.95. The summed E-state index contributed by atoms with van der Waals surface area (Å²) in [6.45, 7) is 0. The van der Waals surface area contributed by atoms with E-state index in [-0.39, 0.29) is 5.78 Å². The third-order valence-electron chi connectivity index (χ3n) is 2.44. The van der Waals surface area contributed by atoms with Gasteiger partial charge in [-0.05, 0) is 42.5 Å². The van der Waals surface area contributed by atoms with Gasteiger partial charge >= 0.3 is 0 Å². The molecular weight excluding hydrogens is 370 g/mol. The van der Waals surface area contributed by atoms with E-state index in [4.69, 9.17) is 0 Å². The summed E-state index contributed by atoms with van der Waals surface area (Å²) >= 11 is 6.73. The smallest absolute Gasteiger partial charge is 0.187 e. The Balaban J connectivity index is 1.99. The van der Waals surface area contributed by atoms with Gasteiger partial charge in [0.1, 0.15) is 0 Å². The van der Waals surface area contributed by atoms with E-state index in [0.29, 0.717) is 5.56 Å². The van der Waals surface area contributed by atoms with Crippen LogP contribution in [0.5, 0.6) is 0 Å². The van der Waals surface area contributed by atoms with Crippen molar-refractivity contribution in [2.75, 3.05) is 5.32 Å². The molecule has 0 aromatic heterocycles. The molecule has 0 bridgehead atoms. The molecule has 0 fully saturated rings. The predicted octanol–water partition coefficient (Wildman–Crippen LogP) is 5.02. The molecule has 0 unspecified atom stereocenters. The van der Waals surface area contributed by atoms with Crippen LogP contribution in [-0.4, -0.2) is 5.78 Å². The second kappa shape index (κ2) is 6.68. The molecule has 0 saturated heterocycles. The van der Waals surface area contributed by atoms with E-state index >= 15 is 0 Å². The van der Waals surface area contributed by atoms with Gasteiger partial charge in [-0.1, -0.05) is 37.9 Å². The molecule has 2 aromatic rings. The number of carbonyl (C=O) groups is 1. The first kappa shape index (κ1) is 14.0. The molecule has 4 heteroatoms. The van der Waals surface area contributed by atoms with Gasteiger partial charge in [-0.2, -0.15) is 0 Å². The summed E-state index contributed by atoms with van der Waals surface area (Å²) in [5.41, 5.74) is 1.59. The van der Waals surface area contributed by atoms with Gasteiger partial charge in [0, 0.05) is 32.5 Å². The van der Waals surface area contributed by atoms with Crippen LogP contribution in [-0.2, 0) is 0 Å². The van der Waals surface area contributed by atoms with Crippen LogP contribution in [0.4, 0.5) is 5.69 Å². The Bertz CT molecular complexity index is 606. The van der Waals surface area contributed by atoms with Crippen molar-refractivity contribution >= 4 is 43.3 Å². The fraction of sp³-hybridized carbons (Fsp3) is 0. The van der Waals surface area contributed by atoms with Gasteiger partial charge in [0.05, 0.1) is 0 Å². The van der Waals surface area contributed by atoms with Crippen LogP contribution in [0.15, 0.2) is 69.8 Å². The van der Waals surface area contributed by atoms with Crippen molar-refractivity contribution < 1.29 is 4.79 Å². The molecule has 0 aliphatic carbocycles. The van der Waals surface area contributed by atoms with Crippen LogP contribution in [0, 0.1) is 0 Å². The molecule has 0 amide bonds. The quantitative estimate of drug-likeness (QED) is 0.595. The fourth-order valence-corrected chi connectivity index (χ4v) is 2.17. The van der Waals surface area contributed by atoms with Crippen molar-refractivity contribution in [1.82, 2.24) is 0 Å². The van der Waals surface area contributed by atoms with Gasteiger partial charge in [0.25, 0.3) is 0 Å². The van der Waals surface area contributed by atoms with E-state index in [2.05, 4.69) is 37.2 Å². The largest absolute Gasteiger partial charge is 0.362 e. The average Bonchev–Trinajstić information content (AvgIpc) is 2.39. The number of hydrogen-bond donors (Lipinski definition) is 1. The molecule has 0 spiro atoms. The number of hydrogen-bond acceptors (Lipinski definition) is 2. The molecule has 0 atom stereocenters. The molecule has 0 radical (unpaired) electrons. The highest BCUT2D eigenvalue weighted by Gasteiger charge is 2.00. The summed E-state index contributed by atoms with van der Waals surface area (Å²) in [4.78, 5) is 11.9. The Kier molecular flexibility index (Phi) is 4.93. The van der Waals surface area contributed by atoms with Crippen LogP contribution < -0.4 is 5.32 Å². The third-order valence-corrected chi connectivity index (χ3v) is 3.46. The van der Waals surface area contributed by atoms with Crippen LogP contribution in [0.3, 0.4) is 0 Å². The maximum Gasteiger partial charge on any atom is 0.187 e. The number of benzene rings is 2. The summed E-state index contributed by atoms with van der Waals surface area (Å²) in [6, 6.07) is 15.0. The Morgan fingerprint density at radius 3 is 2.42 bits per heavy atom. The maximum atomic E-state index is 11.9. The van der Waals surface area contributed by atoms with Gasteiger partial charge < -0.3 is 5.32 Å². The van der Waals surface area contributed by atoms with E-state index in [1.54, 1.807) is 18.3 Å². The Labute approximate surface area is 128 Å². The minimum absolute atomic E-state index is 0.0324. The lowest BCUT2D eigenvalue weighted by molar-refractivity contribution is 0.104. The van der Waals surface area contributed by atoms with E-state index in [1.165, 1.54) is 6.08 Å². The molecule has 0 heterocycles. The predicted molar refractivity (Wildman–Crippen MR) is 85.4 cm³/mol. The van der Waals surface area contributed by atoms with E-state index < -0.39 is 0 Å². The summed E-state index contributed by atoms with van der Waals surface area (Å²) in [7, 11) is 0. The van der Waals surface area contributed by atoms with E-state index in [0.717, 1.165) is 14.6 Å². The number of nitrogens with one attached hydrogen (secondary N) is 1. The third kappa shape index (κ3) is 4.33. The second-order valence-corrected chi connectivity index (χ2v) is 5.69. The van der Waals surface area contributed by atoms with Crippen molar-refractivity contribution in [1.29, 1.82) is 0 Å². The van der Waals surface area contributed by atoms with Crippen LogP contribution in [0.1, 0.15) is 10.4 Å². The first-order valence-corrected chi connectivity index (χ1v) is 7.22. The first-order chi connectivity index (χ1) is 9.15. The van der Waals surface area contributed by atoms with Crippen molar-refractivity contribution in [3.05, 3.63) is 75.3 Å². The van der Waals surface area contributed by atoms with Crippen molar-refractivity contribution in [2.45, 2.75) is 0 Å². The van der Waals surface area contributed by atoms with Gasteiger partial charge in [0.2, 0.25) is 0 Å². The Morgan fingerprint density at radius 2 is 1.74 bits per heavy atom. The molecule has 0 aliphatic rings. The monoisotopic (exact) mass is 379 g/mol. The minimum atomic E-state index is -0.0324. The fourth-order valence-electron chi connectivity index (χ4n) is 1.50. The van der Waals surface area contributed by atoms with Crippen LogP contribution in [0.25, 0.3) is 0 Å². The zero-order chi connectivity index (χ0) is 13.7. The van der Waals surface area contributed by atoms with E-state index in [1.807, 2.05) is 36.4 Å².